The number of rotatable bonds is 8. The van der Waals surface area contributed by atoms with Crippen LogP contribution in [0.3, 0.4) is 0 Å². The van der Waals surface area contributed by atoms with Crippen LogP contribution in [0.1, 0.15) is 24.2 Å². The zero-order valence-corrected chi connectivity index (χ0v) is 24.9. The number of fused-ring (bicyclic) bond motifs is 2. The van der Waals surface area contributed by atoms with Gasteiger partial charge in [-0.15, -0.1) is 11.3 Å². The molecule has 42 heavy (non-hydrogen) atoms. The lowest BCUT2D eigenvalue weighted by Gasteiger charge is -2.38. The number of aliphatic hydroxyl groups excluding tert-OH is 1. The second-order valence-corrected chi connectivity index (χ2v) is 13.1. The number of anilines is 2. The Morgan fingerprint density at radius 3 is 2.71 bits per heavy atom. The van der Waals surface area contributed by atoms with Crippen LogP contribution in [0, 0.1) is 5.92 Å². The second kappa shape index (κ2) is 12.1. The second-order valence-electron chi connectivity index (χ2n) is 10.2. The molecule has 0 unspecified atom stereocenters. The molecule has 224 valence electrons. The van der Waals surface area contributed by atoms with Crippen LogP contribution in [-0.4, -0.2) is 80.9 Å². The smallest absolute Gasteiger partial charge is 0.321 e. The summed E-state index contributed by atoms with van der Waals surface area (Å²) in [5, 5.41) is 14.4. The SMILES string of the molecule is C[C@H](CO)N1C[C@H](C)[C@@H](CN(C)C(=O)Nc2ccc3c(c2)OCO3)Oc2c(NS(=O)(=O)c3cccs3)cccc2C1=O. The minimum absolute atomic E-state index is 0.0545. The van der Waals surface area contributed by atoms with Crippen LogP contribution in [0.2, 0.25) is 0 Å². The number of sulfonamides is 1. The van der Waals surface area contributed by atoms with Gasteiger partial charge in [0.2, 0.25) is 6.79 Å². The highest BCUT2D eigenvalue weighted by atomic mass is 32.2. The number of thiophene rings is 1. The van der Waals surface area contributed by atoms with Crippen molar-refractivity contribution in [1.82, 2.24) is 9.80 Å². The number of likely N-dealkylation sites (N-methyl/N-ethyl adjacent to an activating group) is 1. The van der Waals surface area contributed by atoms with Gasteiger partial charge in [0.25, 0.3) is 15.9 Å². The summed E-state index contributed by atoms with van der Waals surface area (Å²) in [7, 11) is -2.34. The third-order valence-corrected chi connectivity index (χ3v) is 9.88. The number of nitrogens with zero attached hydrogens (tertiary/aromatic N) is 2. The molecule has 0 saturated heterocycles. The van der Waals surface area contributed by atoms with Crippen molar-refractivity contribution < 1.29 is 37.3 Å². The van der Waals surface area contributed by atoms with Crippen molar-refractivity contribution in [2.45, 2.75) is 30.2 Å². The van der Waals surface area contributed by atoms with Gasteiger partial charge in [-0.1, -0.05) is 19.1 Å². The summed E-state index contributed by atoms with van der Waals surface area (Å²) in [4.78, 5) is 29.8. The lowest BCUT2D eigenvalue weighted by Crippen LogP contribution is -2.50. The summed E-state index contributed by atoms with van der Waals surface area (Å²) in [6.07, 6.45) is -0.648. The molecule has 1 aromatic heterocycles. The van der Waals surface area contributed by atoms with Gasteiger partial charge in [0.15, 0.2) is 17.2 Å². The van der Waals surface area contributed by atoms with E-state index >= 15 is 0 Å². The van der Waals surface area contributed by atoms with E-state index in [9.17, 15) is 23.1 Å². The van der Waals surface area contributed by atoms with Gasteiger partial charge in [-0.25, -0.2) is 13.2 Å². The molecule has 2 aromatic carbocycles. The molecule has 3 amide bonds. The monoisotopic (exact) mass is 616 g/mol. The first-order valence-electron chi connectivity index (χ1n) is 13.3. The molecule has 3 N–H and O–H groups in total. The van der Waals surface area contributed by atoms with Gasteiger partial charge in [0.1, 0.15) is 10.3 Å². The summed E-state index contributed by atoms with van der Waals surface area (Å²) in [5.41, 5.74) is 0.760. The van der Waals surface area contributed by atoms with E-state index in [1.807, 2.05) is 6.92 Å². The van der Waals surface area contributed by atoms with Gasteiger partial charge in [-0.2, -0.15) is 0 Å². The van der Waals surface area contributed by atoms with Gasteiger partial charge in [-0.3, -0.25) is 9.52 Å². The first-order valence-corrected chi connectivity index (χ1v) is 15.6. The number of ether oxygens (including phenoxy) is 3. The topological polar surface area (TPSA) is 147 Å². The fraction of sp³-hybridized carbons (Fsp3) is 0.357. The number of benzene rings is 2. The van der Waals surface area contributed by atoms with Crippen molar-refractivity contribution in [3.05, 3.63) is 59.5 Å². The molecule has 14 heteroatoms. The molecular formula is C28H32N4O8S2. The minimum Gasteiger partial charge on any atom is -0.485 e. The molecule has 3 heterocycles. The zero-order valence-electron chi connectivity index (χ0n) is 23.3. The number of hydrogen-bond acceptors (Lipinski definition) is 9. The Hall–Kier alpha value is -4.01. The van der Waals surface area contributed by atoms with Crippen molar-refractivity contribution in [3.8, 4) is 17.2 Å². The average Bonchev–Trinajstić information content (AvgIpc) is 3.67. The van der Waals surface area contributed by atoms with Crippen molar-refractivity contribution in [2.75, 3.05) is 43.6 Å². The number of carbonyl (C=O) groups excluding carboxylic acids is 2. The molecule has 0 aliphatic carbocycles. The van der Waals surface area contributed by atoms with E-state index in [-0.39, 0.29) is 53.6 Å². The van der Waals surface area contributed by atoms with Crippen molar-refractivity contribution >= 4 is 44.7 Å². The Kier molecular flexibility index (Phi) is 8.48. The number of hydrogen-bond donors (Lipinski definition) is 3. The summed E-state index contributed by atoms with van der Waals surface area (Å²) in [6.45, 7) is 3.82. The lowest BCUT2D eigenvalue weighted by molar-refractivity contribution is 0.0373. The molecule has 0 bridgehead atoms. The van der Waals surface area contributed by atoms with Crippen LogP contribution >= 0.6 is 11.3 Å². The van der Waals surface area contributed by atoms with E-state index in [0.29, 0.717) is 17.2 Å². The maximum Gasteiger partial charge on any atom is 0.321 e. The molecule has 5 rings (SSSR count). The molecule has 2 aliphatic rings. The number of nitrogens with one attached hydrogen (secondary N) is 2. The largest absolute Gasteiger partial charge is 0.485 e. The molecule has 0 spiro atoms. The quantitative estimate of drug-likeness (QED) is 0.348. The van der Waals surface area contributed by atoms with Crippen molar-refractivity contribution in [3.63, 3.8) is 0 Å². The third-order valence-electron chi connectivity index (χ3n) is 7.12. The Bertz CT molecular complexity index is 1560. The van der Waals surface area contributed by atoms with Gasteiger partial charge in [0, 0.05) is 31.3 Å². The predicted molar refractivity (Wildman–Crippen MR) is 157 cm³/mol. The maximum absolute atomic E-state index is 13.7. The molecule has 3 aromatic rings. The number of carbonyl (C=O) groups is 2. The third kappa shape index (κ3) is 6.10. The number of aliphatic hydroxyl groups is 1. The average molecular weight is 617 g/mol. The first kappa shape index (κ1) is 29.5. The van der Waals surface area contributed by atoms with E-state index in [1.54, 1.807) is 60.6 Å². The maximum atomic E-state index is 13.7. The molecule has 0 fully saturated rings. The van der Waals surface area contributed by atoms with Crippen LogP contribution in [0.4, 0.5) is 16.2 Å². The van der Waals surface area contributed by atoms with Gasteiger partial charge < -0.3 is 34.4 Å². The van der Waals surface area contributed by atoms with E-state index in [4.69, 9.17) is 14.2 Å². The molecule has 2 aliphatic heterocycles. The van der Waals surface area contributed by atoms with Crippen molar-refractivity contribution in [1.29, 1.82) is 0 Å². The Labute approximate surface area is 247 Å². The van der Waals surface area contributed by atoms with E-state index < -0.39 is 34.1 Å². The highest BCUT2D eigenvalue weighted by Gasteiger charge is 2.35. The fourth-order valence-electron chi connectivity index (χ4n) is 4.70. The van der Waals surface area contributed by atoms with Crippen LogP contribution in [0.25, 0.3) is 0 Å². The zero-order chi connectivity index (χ0) is 30.0. The molecular weight excluding hydrogens is 584 g/mol. The summed E-state index contributed by atoms with van der Waals surface area (Å²) in [6, 6.07) is 11.9. The standard InChI is InChI=1S/C28H32N4O8S2/c1-17-13-32(18(2)15-33)27(34)20-6-4-7-21(30-42(36,37)25-8-5-11-41-25)26(20)40-24(17)14-31(3)28(35)29-19-9-10-22-23(12-19)39-16-38-22/h4-12,17-18,24,30,33H,13-16H2,1-3H3,(H,29,35)/t17-,18+,24+/m0/s1. The minimum atomic E-state index is -3.95. The van der Waals surface area contributed by atoms with Crippen LogP contribution in [-0.2, 0) is 10.0 Å². The first-order chi connectivity index (χ1) is 20.1. The summed E-state index contributed by atoms with van der Waals surface area (Å²) in [5.74, 6) is 0.475. The van der Waals surface area contributed by atoms with E-state index in [0.717, 1.165) is 11.3 Å². The van der Waals surface area contributed by atoms with Crippen molar-refractivity contribution in [2.24, 2.45) is 5.92 Å². The highest BCUT2D eigenvalue weighted by Crippen LogP contribution is 2.37. The van der Waals surface area contributed by atoms with Gasteiger partial charge in [0.05, 0.1) is 30.4 Å². The number of amides is 3. The van der Waals surface area contributed by atoms with Gasteiger partial charge >= 0.3 is 6.03 Å². The van der Waals surface area contributed by atoms with Crippen LogP contribution < -0.4 is 24.2 Å². The Balaban J connectivity index is 1.43. The number of para-hydroxylation sites is 1. The Morgan fingerprint density at radius 1 is 1.19 bits per heavy atom. The summed E-state index contributed by atoms with van der Waals surface area (Å²) >= 11 is 1.06. The molecule has 0 saturated carbocycles. The lowest BCUT2D eigenvalue weighted by atomic mass is 9.99. The van der Waals surface area contributed by atoms with E-state index in [2.05, 4.69) is 10.0 Å². The fourth-order valence-corrected chi connectivity index (χ4v) is 6.75. The van der Waals surface area contributed by atoms with Crippen LogP contribution in [0.5, 0.6) is 17.2 Å². The summed E-state index contributed by atoms with van der Waals surface area (Å²) < 4.78 is 46.0. The molecule has 0 radical (unpaired) electrons. The number of urea groups is 1. The molecule has 12 nitrogen and oxygen atoms in total. The van der Waals surface area contributed by atoms with Gasteiger partial charge in [-0.05, 0) is 42.6 Å². The Morgan fingerprint density at radius 2 is 1.98 bits per heavy atom. The molecule has 3 atom stereocenters. The normalized spacial score (nSPS) is 18.8. The highest BCUT2D eigenvalue weighted by molar-refractivity contribution is 7.94. The predicted octanol–water partition coefficient (Wildman–Crippen LogP) is 3.66. The van der Waals surface area contributed by atoms with Crippen LogP contribution in [0.15, 0.2) is 58.1 Å². The van der Waals surface area contributed by atoms with E-state index in [1.165, 1.54) is 17.0 Å².